The average Bonchev–Trinajstić information content (AvgIpc) is 2.90. The van der Waals surface area contributed by atoms with Crippen LogP contribution in [0.4, 0.5) is 16.2 Å². The number of benzene rings is 2. The van der Waals surface area contributed by atoms with Crippen LogP contribution < -0.4 is 15.4 Å². The molecular weight excluding hydrogens is 336 g/mol. The first-order valence-electron chi connectivity index (χ1n) is 7.87. The Bertz CT molecular complexity index is 876. The summed E-state index contributed by atoms with van der Waals surface area (Å²) < 4.78 is 5.55. The number of anilines is 2. The number of carbonyl (C=O) groups excluding carboxylic acids is 2. The Morgan fingerprint density at radius 3 is 2.64 bits per heavy atom. The van der Waals surface area contributed by atoms with E-state index in [4.69, 9.17) is 10.5 Å². The van der Waals surface area contributed by atoms with Gasteiger partial charge >= 0.3 is 0 Å². The molecule has 0 aliphatic carbocycles. The molecule has 25 heavy (non-hydrogen) atoms. The van der Waals surface area contributed by atoms with E-state index >= 15 is 0 Å². The summed E-state index contributed by atoms with van der Waals surface area (Å²) in [7, 11) is 0. The zero-order chi connectivity index (χ0) is 18.0. The van der Waals surface area contributed by atoms with E-state index in [1.54, 1.807) is 36.4 Å². The third kappa shape index (κ3) is 3.25. The minimum Gasteiger partial charge on any atom is -0.492 e. The second kappa shape index (κ2) is 7.03. The smallest absolute Gasteiger partial charge is 0.298 e. The highest BCUT2D eigenvalue weighted by Crippen LogP contribution is 2.41. The fourth-order valence-corrected chi connectivity index (χ4v) is 3.52. The summed E-state index contributed by atoms with van der Waals surface area (Å²) in [4.78, 5) is 27.0. The minimum absolute atomic E-state index is 0.338. The predicted molar refractivity (Wildman–Crippen MR) is 102 cm³/mol. The molecule has 6 heteroatoms. The van der Waals surface area contributed by atoms with E-state index in [9.17, 15) is 9.59 Å². The van der Waals surface area contributed by atoms with Crippen molar-refractivity contribution in [2.75, 3.05) is 17.2 Å². The standard InChI is InChI=1S/C19H18N2O3S/c1-3-24-16-10-5-4-9-15(16)21-18(22)17(25-19(21)23)12(2)13-7-6-8-14(20)11-13/h4-11H,3,20H2,1-2H3/b17-12-. The highest BCUT2D eigenvalue weighted by molar-refractivity contribution is 8.19. The van der Waals surface area contributed by atoms with Crippen molar-refractivity contribution in [2.45, 2.75) is 13.8 Å². The zero-order valence-corrected chi connectivity index (χ0v) is 14.8. The molecule has 0 unspecified atom stereocenters. The highest BCUT2D eigenvalue weighted by Gasteiger charge is 2.39. The Hall–Kier alpha value is -2.73. The summed E-state index contributed by atoms with van der Waals surface area (Å²) >= 11 is 0.933. The Morgan fingerprint density at radius 2 is 1.92 bits per heavy atom. The molecule has 1 aliphatic rings. The van der Waals surface area contributed by atoms with Crippen LogP contribution in [0, 0.1) is 0 Å². The molecule has 0 atom stereocenters. The van der Waals surface area contributed by atoms with E-state index in [-0.39, 0.29) is 11.1 Å². The molecule has 2 N–H and O–H groups in total. The van der Waals surface area contributed by atoms with E-state index in [2.05, 4.69) is 0 Å². The van der Waals surface area contributed by atoms with Crippen molar-refractivity contribution in [2.24, 2.45) is 0 Å². The van der Waals surface area contributed by atoms with Crippen molar-refractivity contribution < 1.29 is 14.3 Å². The van der Waals surface area contributed by atoms with Crippen molar-refractivity contribution in [3.63, 3.8) is 0 Å². The van der Waals surface area contributed by atoms with Crippen LogP contribution in [0.2, 0.25) is 0 Å². The molecule has 0 spiro atoms. The summed E-state index contributed by atoms with van der Waals surface area (Å²) in [6.45, 7) is 4.13. The van der Waals surface area contributed by atoms with Crippen molar-refractivity contribution in [3.8, 4) is 5.75 Å². The van der Waals surface area contributed by atoms with E-state index in [1.807, 2.05) is 26.0 Å². The fourth-order valence-electron chi connectivity index (χ4n) is 2.63. The number of nitrogen functional groups attached to an aromatic ring is 1. The maximum Gasteiger partial charge on any atom is 0.298 e. The van der Waals surface area contributed by atoms with Gasteiger partial charge in [-0.15, -0.1) is 0 Å². The molecule has 0 bridgehead atoms. The summed E-state index contributed by atoms with van der Waals surface area (Å²) in [5.41, 5.74) is 8.44. The number of ether oxygens (including phenoxy) is 1. The third-order valence-electron chi connectivity index (χ3n) is 3.84. The van der Waals surface area contributed by atoms with Gasteiger partial charge in [0, 0.05) is 5.69 Å². The molecule has 0 radical (unpaired) electrons. The number of imide groups is 1. The quantitative estimate of drug-likeness (QED) is 0.655. The van der Waals surface area contributed by atoms with Gasteiger partial charge in [0.15, 0.2) is 0 Å². The molecule has 0 aromatic heterocycles. The van der Waals surface area contributed by atoms with Crippen LogP contribution in [0.15, 0.2) is 53.4 Å². The molecule has 3 rings (SSSR count). The molecule has 1 saturated heterocycles. The van der Waals surface area contributed by atoms with E-state index < -0.39 is 0 Å². The number of allylic oxidation sites excluding steroid dienone is 1. The largest absolute Gasteiger partial charge is 0.492 e. The molecule has 1 aliphatic heterocycles. The van der Waals surface area contributed by atoms with Crippen molar-refractivity contribution in [3.05, 3.63) is 59.0 Å². The van der Waals surface area contributed by atoms with Gasteiger partial charge in [-0.05, 0) is 61.0 Å². The molecule has 1 heterocycles. The molecule has 1 fully saturated rings. The zero-order valence-electron chi connectivity index (χ0n) is 14.0. The van der Waals surface area contributed by atoms with Crippen LogP contribution in [-0.4, -0.2) is 17.8 Å². The number of para-hydroxylation sites is 2. The molecular formula is C19H18N2O3S. The summed E-state index contributed by atoms with van der Waals surface area (Å²) in [5, 5.41) is -0.338. The molecule has 2 aromatic rings. The summed E-state index contributed by atoms with van der Waals surface area (Å²) in [6, 6.07) is 14.3. The van der Waals surface area contributed by atoms with Crippen LogP contribution in [0.25, 0.3) is 5.57 Å². The first-order chi connectivity index (χ1) is 12.0. The number of nitrogens with two attached hydrogens (primary N) is 1. The Kier molecular flexibility index (Phi) is 4.81. The first kappa shape index (κ1) is 17.1. The lowest BCUT2D eigenvalue weighted by Crippen LogP contribution is -2.28. The average molecular weight is 354 g/mol. The van der Waals surface area contributed by atoms with E-state index in [1.165, 1.54) is 4.90 Å². The maximum absolute atomic E-state index is 12.9. The number of amides is 2. The van der Waals surface area contributed by atoms with Crippen LogP contribution in [0.5, 0.6) is 5.75 Å². The molecule has 0 saturated carbocycles. The van der Waals surface area contributed by atoms with Crippen LogP contribution in [0.1, 0.15) is 19.4 Å². The second-order valence-corrected chi connectivity index (χ2v) is 6.45. The topological polar surface area (TPSA) is 72.6 Å². The Morgan fingerprint density at radius 1 is 1.16 bits per heavy atom. The number of hydrogen-bond donors (Lipinski definition) is 1. The molecule has 2 aromatic carbocycles. The van der Waals surface area contributed by atoms with Crippen LogP contribution in [0.3, 0.4) is 0 Å². The SMILES string of the molecule is CCOc1ccccc1N1C(=O)S/C(=C(/C)c2cccc(N)c2)C1=O. The van der Waals surface area contributed by atoms with Crippen molar-refractivity contribution in [1.82, 2.24) is 0 Å². The van der Waals surface area contributed by atoms with Crippen LogP contribution in [-0.2, 0) is 4.79 Å². The number of thioether (sulfide) groups is 1. The number of carbonyl (C=O) groups is 2. The third-order valence-corrected chi connectivity index (χ3v) is 4.88. The van der Waals surface area contributed by atoms with Gasteiger partial charge in [-0.25, -0.2) is 4.90 Å². The van der Waals surface area contributed by atoms with Crippen molar-refractivity contribution in [1.29, 1.82) is 0 Å². The molecule has 2 amide bonds. The number of rotatable bonds is 4. The van der Waals surface area contributed by atoms with Gasteiger partial charge in [0.05, 0.1) is 17.2 Å². The lowest BCUT2D eigenvalue weighted by atomic mass is 10.1. The lowest BCUT2D eigenvalue weighted by Gasteiger charge is -2.17. The van der Waals surface area contributed by atoms with Gasteiger partial charge in [0.1, 0.15) is 5.75 Å². The summed E-state index contributed by atoms with van der Waals surface area (Å²) in [5.74, 6) is 0.164. The van der Waals surface area contributed by atoms with Crippen molar-refractivity contribution >= 4 is 39.9 Å². The number of hydrogen-bond acceptors (Lipinski definition) is 5. The summed E-state index contributed by atoms with van der Waals surface area (Å²) in [6.07, 6.45) is 0. The molecule has 128 valence electrons. The monoisotopic (exact) mass is 354 g/mol. The van der Waals surface area contributed by atoms with Gasteiger partial charge in [-0.3, -0.25) is 9.59 Å². The Balaban J connectivity index is 2.02. The van der Waals surface area contributed by atoms with Gasteiger partial charge in [-0.2, -0.15) is 0 Å². The maximum atomic E-state index is 12.9. The van der Waals surface area contributed by atoms with E-state index in [0.29, 0.717) is 28.6 Å². The normalized spacial score (nSPS) is 16.3. The highest BCUT2D eigenvalue weighted by atomic mass is 32.2. The lowest BCUT2D eigenvalue weighted by molar-refractivity contribution is -0.113. The Labute approximate surface area is 150 Å². The van der Waals surface area contributed by atoms with Gasteiger partial charge in [0.25, 0.3) is 11.1 Å². The fraction of sp³-hybridized carbons (Fsp3) is 0.158. The van der Waals surface area contributed by atoms with Gasteiger partial charge in [0.2, 0.25) is 0 Å². The van der Waals surface area contributed by atoms with Gasteiger partial charge < -0.3 is 10.5 Å². The number of nitrogens with zero attached hydrogens (tertiary/aromatic N) is 1. The first-order valence-corrected chi connectivity index (χ1v) is 8.69. The van der Waals surface area contributed by atoms with Gasteiger partial charge in [-0.1, -0.05) is 24.3 Å². The molecule has 5 nitrogen and oxygen atoms in total. The minimum atomic E-state index is -0.345. The van der Waals surface area contributed by atoms with Crippen LogP contribution >= 0.6 is 11.8 Å². The van der Waals surface area contributed by atoms with E-state index in [0.717, 1.165) is 22.9 Å². The predicted octanol–water partition coefficient (Wildman–Crippen LogP) is 4.30. The second-order valence-electron chi connectivity index (χ2n) is 5.49.